The van der Waals surface area contributed by atoms with Gasteiger partial charge in [0.2, 0.25) is 0 Å². The highest BCUT2D eigenvalue weighted by Gasteiger charge is 2.09. The Morgan fingerprint density at radius 1 is 1.54 bits per heavy atom. The van der Waals surface area contributed by atoms with Crippen molar-refractivity contribution < 1.29 is 4.39 Å². The van der Waals surface area contributed by atoms with E-state index in [0.717, 1.165) is 5.01 Å². The van der Waals surface area contributed by atoms with Crippen LogP contribution in [0.1, 0.15) is 18.0 Å². The highest BCUT2D eigenvalue weighted by molar-refractivity contribution is 7.18. The summed E-state index contributed by atoms with van der Waals surface area (Å²) in [5.74, 6) is -0.220. The highest BCUT2D eigenvalue weighted by Crippen LogP contribution is 2.27. The predicted molar refractivity (Wildman–Crippen MR) is 52.2 cm³/mol. The molecule has 2 nitrogen and oxygen atoms in total. The summed E-state index contributed by atoms with van der Waals surface area (Å²) in [7, 11) is 0. The Labute approximate surface area is 79.2 Å². The topological polar surface area (TPSA) is 38.9 Å². The molecule has 0 aliphatic rings. The van der Waals surface area contributed by atoms with Crippen LogP contribution in [0.5, 0.6) is 0 Å². The summed E-state index contributed by atoms with van der Waals surface area (Å²) in [5.41, 5.74) is 6.35. The van der Waals surface area contributed by atoms with Crippen molar-refractivity contribution in [1.82, 2.24) is 4.98 Å². The molecular formula is C9H9FN2S. The van der Waals surface area contributed by atoms with Crippen molar-refractivity contribution in [3.8, 4) is 0 Å². The molecule has 1 heterocycles. The number of hydrogen-bond acceptors (Lipinski definition) is 3. The van der Waals surface area contributed by atoms with Crippen molar-refractivity contribution in [3.05, 3.63) is 29.0 Å². The maximum absolute atomic E-state index is 13.2. The minimum absolute atomic E-state index is 0.128. The minimum atomic E-state index is -0.220. The number of nitrogens with two attached hydrogens (primary N) is 1. The molecular weight excluding hydrogens is 187 g/mol. The Morgan fingerprint density at radius 2 is 2.31 bits per heavy atom. The van der Waals surface area contributed by atoms with Crippen LogP contribution in [0.4, 0.5) is 4.39 Å². The van der Waals surface area contributed by atoms with E-state index < -0.39 is 0 Å². The van der Waals surface area contributed by atoms with E-state index in [-0.39, 0.29) is 11.9 Å². The standard InChI is InChI=1S/C9H9FN2S/c1-5(11)9-12-7-4-2-3-6(10)8(7)13-9/h2-5H,11H2,1H3/t5-/m0/s1. The van der Waals surface area contributed by atoms with Crippen LogP contribution in [-0.2, 0) is 0 Å². The molecule has 2 aromatic rings. The first-order chi connectivity index (χ1) is 6.18. The predicted octanol–water partition coefficient (Wildman–Crippen LogP) is 2.46. The van der Waals surface area contributed by atoms with E-state index in [1.807, 2.05) is 6.92 Å². The molecule has 13 heavy (non-hydrogen) atoms. The van der Waals surface area contributed by atoms with Crippen molar-refractivity contribution in [2.45, 2.75) is 13.0 Å². The summed E-state index contributed by atoms with van der Waals surface area (Å²) in [5, 5.41) is 0.778. The molecule has 4 heteroatoms. The monoisotopic (exact) mass is 196 g/mol. The van der Waals surface area contributed by atoms with Gasteiger partial charge in [-0.1, -0.05) is 6.07 Å². The first kappa shape index (κ1) is 8.59. The second-order valence-electron chi connectivity index (χ2n) is 2.93. The zero-order valence-electron chi connectivity index (χ0n) is 7.12. The Balaban J connectivity index is 2.68. The lowest BCUT2D eigenvalue weighted by Gasteiger charge is -1.95. The molecule has 0 saturated carbocycles. The van der Waals surface area contributed by atoms with Gasteiger partial charge in [-0.05, 0) is 19.1 Å². The Kier molecular flexibility index (Phi) is 2.01. The molecule has 2 N–H and O–H groups in total. The van der Waals surface area contributed by atoms with Gasteiger partial charge in [0.05, 0.1) is 16.3 Å². The van der Waals surface area contributed by atoms with E-state index in [9.17, 15) is 4.39 Å². The van der Waals surface area contributed by atoms with Crippen LogP contribution in [0.2, 0.25) is 0 Å². The molecule has 0 bridgehead atoms. The smallest absolute Gasteiger partial charge is 0.142 e. The van der Waals surface area contributed by atoms with Gasteiger partial charge >= 0.3 is 0 Å². The van der Waals surface area contributed by atoms with Crippen molar-refractivity contribution >= 4 is 21.6 Å². The zero-order valence-corrected chi connectivity index (χ0v) is 7.94. The maximum atomic E-state index is 13.2. The number of fused-ring (bicyclic) bond motifs is 1. The second kappa shape index (κ2) is 3.05. The third kappa shape index (κ3) is 1.43. The van der Waals surface area contributed by atoms with Crippen LogP contribution >= 0.6 is 11.3 Å². The molecule has 0 fully saturated rings. The number of thiazole rings is 1. The van der Waals surface area contributed by atoms with Gasteiger partial charge < -0.3 is 5.73 Å². The summed E-state index contributed by atoms with van der Waals surface area (Å²) < 4.78 is 13.8. The molecule has 1 aromatic carbocycles. The van der Waals surface area contributed by atoms with Gasteiger partial charge in [0, 0.05) is 0 Å². The number of rotatable bonds is 1. The summed E-state index contributed by atoms with van der Waals surface area (Å²) in [4.78, 5) is 4.23. The number of nitrogens with zero attached hydrogens (tertiary/aromatic N) is 1. The zero-order chi connectivity index (χ0) is 9.42. The molecule has 0 spiro atoms. The first-order valence-electron chi connectivity index (χ1n) is 3.99. The van der Waals surface area contributed by atoms with Gasteiger partial charge in [0.15, 0.2) is 0 Å². The maximum Gasteiger partial charge on any atom is 0.142 e. The average molecular weight is 196 g/mol. The van der Waals surface area contributed by atoms with Crippen molar-refractivity contribution in [3.63, 3.8) is 0 Å². The first-order valence-corrected chi connectivity index (χ1v) is 4.80. The van der Waals surface area contributed by atoms with E-state index in [1.165, 1.54) is 17.4 Å². The summed E-state index contributed by atoms with van der Waals surface area (Å²) in [6, 6.07) is 4.76. The van der Waals surface area contributed by atoms with Gasteiger partial charge in [-0.2, -0.15) is 0 Å². The second-order valence-corrected chi connectivity index (χ2v) is 3.96. The lowest BCUT2D eigenvalue weighted by Crippen LogP contribution is -2.03. The molecule has 1 atom stereocenters. The van der Waals surface area contributed by atoms with Gasteiger partial charge in [-0.3, -0.25) is 0 Å². The van der Waals surface area contributed by atoms with E-state index in [1.54, 1.807) is 12.1 Å². The van der Waals surface area contributed by atoms with Gasteiger partial charge in [0.25, 0.3) is 0 Å². The quantitative estimate of drug-likeness (QED) is 0.760. The van der Waals surface area contributed by atoms with Crippen LogP contribution in [0.3, 0.4) is 0 Å². The molecule has 0 amide bonds. The Morgan fingerprint density at radius 3 is 2.92 bits per heavy atom. The van der Waals surface area contributed by atoms with Gasteiger partial charge in [-0.15, -0.1) is 11.3 Å². The highest BCUT2D eigenvalue weighted by atomic mass is 32.1. The molecule has 0 aliphatic carbocycles. The van der Waals surface area contributed by atoms with Crippen LogP contribution in [-0.4, -0.2) is 4.98 Å². The summed E-state index contributed by atoms with van der Waals surface area (Å²) >= 11 is 1.32. The fraction of sp³-hybridized carbons (Fsp3) is 0.222. The van der Waals surface area contributed by atoms with Crippen LogP contribution in [0.25, 0.3) is 10.2 Å². The fourth-order valence-corrected chi connectivity index (χ4v) is 2.05. The molecule has 2 rings (SSSR count). The lowest BCUT2D eigenvalue weighted by molar-refractivity contribution is 0.641. The third-order valence-corrected chi connectivity index (χ3v) is 3.05. The van der Waals surface area contributed by atoms with Gasteiger partial charge in [-0.25, -0.2) is 9.37 Å². The molecule has 1 aromatic heterocycles. The fourth-order valence-electron chi connectivity index (χ4n) is 1.13. The molecule has 0 radical (unpaired) electrons. The van der Waals surface area contributed by atoms with Crippen LogP contribution < -0.4 is 5.73 Å². The van der Waals surface area contributed by atoms with E-state index in [0.29, 0.717) is 10.2 Å². The van der Waals surface area contributed by atoms with Crippen molar-refractivity contribution in [1.29, 1.82) is 0 Å². The largest absolute Gasteiger partial charge is 0.322 e. The van der Waals surface area contributed by atoms with Crippen molar-refractivity contribution in [2.24, 2.45) is 5.73 Å². The normalized spacial score (nSPS) is 13.5. The van der Waals surface area contributed by atoms with E-state index >= 15 is 0 Å². The Hall–Kier alpha value is -1.00. The number of benzene rings is 1. The minimum Gasteiger partial charge on any atom is -0.322 e. The number of halogens is 1. The van der Waals surface area contributed by atoms with E-state index in [2.05, 4.69) is 4.98 Å². The summed E-state index contributed by atoms with van der Waals surface area (Å²) in [6.07, 6.45) is 0. The number of aromatic nitrogens is 1. The van der Waals surface area contributed by atoms with Gasteiger partial charge in [0.1, 0.15) is 10.8 Å². The lowest BCUT2D eigenvalue weighted by atomic mass is 10.3. The molecule has 0 saturated heterocycles. The molecule has 0 unspecified atom stereocenters. The Bertz CT molecular complexity index is 436. The SMILES string of the molecule is C[C@H](N)c1nc2cccc(F)c2s1. The molecule has 0 aliphatic heterocycles. The van der Waals surface area contributed by atoms with Crippen LogP contribution in [0, 0.1) is 5.82 Å². The van der Waals surface area contributed by atoms with E-state index in [4.69, 9.17) is 5.73 Å². The number of hydrogen-bond donors (Lipinski definition) is 1. The molecule has 68 valence electrons. The third-order valence-electron chi connectivity index (χ3n) is 1.77. The summed E-state index contributed by atoms with van der Waals surface area (Å²) in [6.45, 7) is 1.84. The average Bonchev–Trinajstić information content (AvgIpc) is 2.49. The van der Waals surface area contributed by atoms with Crippen LogP contribution in [0.15, 0.2) is 18.2 Å². The van der Waals surface area contributed by atoms with Crippen molar-refractivity contribution in [2.75, 3.05) is 0 Å².